The van der Waals surface area contributed by atoms with Crippen LogP contribution in [0.15, 0.2) is 53.8 Å². The quantitative estimate of drug-likeness (QED) is 0.893. The number of allylic oxidation sites excluding steroid dienone is 2. The first-order valence-corrected chi connectivity index (χ1v) is 6.25. The Kier molecular flexibility index (Phi) is 4.20. The third kappa shape index (κ3) is 3.06. The highest BCUT2D eigenvalue weighted by Crippen LogP contribution is 2.11. The molecule has 2 amide bonds. The van der Waals surface area contributed by atoms with Gasteiger partial charge >= 0.3 is 6.09 Å². The van der Waals surface area contributed by atoms with Crippen LogP contribution in [0.4, 0.5) is 4.79 Å². The highest BCUT2D eigenvalue weighted by atomic mass is 16.6. The number of rotatable bonds is 2. The highest BCUT2D eigenvalue weighted by molar-refractivity contribution is 6.03. The molecule has 1 aliphatic rings. The number of amides is 2. The molecule has 0 spiro atoms. The van der Waals surface area contributed by atoms with E-state index in [1.165, 1.54) is 0 Å². The first-order chi connectivity index (χ1) is 9.59. The second kappa shape index (κ2) is 6.06. The molecule has 0 aromatic heterocycles. The summed E-state index contributed by atoms with van der Waals surface area (Å²) in [5.41, 5.74) is 7.26. The van der Waals surface area contributed by atoms with Crippen molar-refractivity contribution in [2.24, 2.45) is 5.73 Å². The summed E-state index contributed by atoms with van der Waals surface area (Å²) in [6.45, 7) is 2.00. The molecule has 2 rings (SSSR count). The lowest BCUT2D eigenvalue weighted by Crippen LogP contribution is -2.39. The van der Waals surface area contributed by atoms with E-state index < -0.39 is 12.0 Å². The van der Waals surface area contributed by atoms with Gasteiger partial charge in [0.1, 0.15) is 12.3 Å². The lowest BCUT2D eigenvalue weighted by molar-refractivity contribution is -0.125. The van der Waals surface area contributed by atoms with E-state index in [1.54, 1.807) is 19.1 Å². The number of hydrogen-bond donors (Lipinski definition) is 1. The molecule has 0 atom stereocenters. The largest absolute Gasteiger partial charge is 0.444 e. The maximum Gasteiger partial charge on any atom is 0.417 e. The molecule has 0 radical (unpaired) electrons. The van der Waals surface area contributed by atoms with Gasteiger partial charge in [0, 0.05) is 0 Å². The first kappa shape index (κ1) is 13.9. The Bertz CT molecular complexity index is 576. The van der Waals surface area contributed by atoms with Crippen molar-refractivity contribution in [3.05, 3.63) is 59.3 Å². The third-order valence-corrected chi connectivity index (χ3v) is 2.98. The Balaban J connectivity index is 2.02. The van der Waals surface area contributed by atoms with E-state index in [0.717, 1.165) is 10.5 Å². The maximum absolute atomic E-state index is 12.0. The van der Waals surface area contributed by atoms with Crippen LogP contribution in [-0.2, 0) is 16.1 Å². The SMILES string of the molecule is CC1=C(N)C(=O)N(C(=O)OCc2ccccc2)CC=C1. The van der Waals surface area contributed by atoms with E-state index in [4.69, 9.17) is 10.5 Å². The minimum absolute atomic E-state index is 0.0652. The molecule has 5 heteroatoms. The molecule has 0 bridgehead atoms. The summed E-state index contributed by atoms with van der Waals surface area (Å²) in [5, 5.41) is 0. The molecule has 2 N–H and O–H groups in total. The minimum atomic E-state index is -0.693. The van der Waals surface area contributed by atoms with Gasteiger partial charge in [-0.2, -0.15) is 0 Å². The molecule has 5 nitrogen and oxygen atoms in total. The average molecular weight is 272 g/mol. The topological polar surface area (TPSA) is 72.6 Å². The molecular weight excluding hydrogens is 256 g/mol. The molecule has 20 heavy (non-hydrogen) atoms. The van der Waals surface area contributed by atoms with Crippen molar-refractivity contribution in [1.82, 2.24) is 4.90 Å². The van der Waals surface area contributed by atoms with Gasteiger partial charge in [-0.05, 0) is 18.1 Å². The van der Waals surface area contributed by atoms with Gasteiger partial charge in [-0.1, -0.05) is 42.5 Å². The van der Waals surface area contributed by atoms with Crippen molar-refractivity contribution >= 4 is 12.0 Å². The van der Waals surface area contributed by atoms with Crippen molar-refractivity contribution < 1.29 is 14.3 Å². The van der Waals surface area contributed by atoms with Crippen LogP contribution in [0, 0.1) is 0 Å². The second-order valence-corrected chi connectivity index (χ2v) is 4.45. The number of carbonyl (C=O) groups is 2. The van der Waals surface area contributed by atoms with Gasteiger partial charge < -0.3 is 10.5 Å². The summed E-state index contributed by atoms with van der Waals surface area (Å²) >= 11 is 0. The Morgan fingerprint density at radius 1 is 1.35 bits per heavy atom. The van der Waals surface area contributed by atoms with Gasteiger partial charge in [0.05, 0.1) is 6.54 Å². The van der Waals surface area contributed by atoms with Crippen LogP contribution in [0.25, 0.3) is 0 Å². The molecule has 1 aliphatic heterocycles. The normalized spacial score (nSPS) is 15.2. The summed E-state index contributed by atoms with van der Waals surface area (Å²) in [4.78, 5) is 25.0. The van der Waals surface area contributed by atoms with Gasteiger partial charge in [-0.3, -0.25) is 4.79 Å². The number of imide groups is 1. The van der Waals surface area contributed by atoms with Crippen LogP contribution in [0.1, 0.15) is 12.5 Å². The zero-order valence-corrected chi connectivity index (χ0v) is 11.2. The number of ether oxygens (including phenoxy) is 1. The lowest BCUT2D eigenvalue weighted by Gasteiger charge is -2.18. The fraction of sp³-hybridized carbons (Fsp3) is 0.200. The van der Waals surface area contributed by atoms with Crippen molar-refractivity contribution in [2.45, 2.75) is 13.5 Å². The van der Waals surface area contributed by atoms with Crippen molar-refractivity contribution in [2.75, 3.05) is 6.54 Å². The van der Waals surface area contributed by atoms with Crippen molar-refractivity contribution in [3.63, 3.8) is 0 Å². The van der Waals surface area contributed by atoms with E-state index in [0.29, 0.717) is 5.57 Å². The molecule has 0 fully saturated rings. The molecule has 1 aromatic carbocycles. The Labute approximate surface area is 117 Å². The van der Waals surface area contributed by atoms with Crippen LogP contribution in [0.3, 0.4) is 0 Å². The number of benzene rings is 1. The smallest absolute Gasteiger partial charge is 0.417 e. The summed E-state index contributed by atoms with van der Waals surface area (Å²) in [6.07, 6.45) is 2.73. The van der Waals surface area contributed by atoms with Gasteiger partial charge in [0.2, 0.25) is 0 Å². The van der Waals surface area contributed by atoms with Gasteiger partial charge in [0.15, 0.2) is 0 Å². The Morgan fingerprint density at radius 3 is 2.75 bits per heavy atom. The van der Waals surface area contributed by atoms with Crippen LogP contribution in [0.5, 0.6) is 0 Å². The predicted molar refractivity (Wildman–Crippen MR) is 74.4 cm³/mol. The van der Waals surface area contributed by atoms with Gasteiger partial charge in [0.25, 0.3) is 5.91 Å². The van der Waals surface area contributed by atoms with Crippen LogP contribution >= 0.6 is 0 Å². The fourth-order valence-corrected chi connectivity index (χ4v) is 1.78. The standard InChI is InChI=1S/C15H16N2O3/c1-11-6-5-9-17(14(18)13(11)16)15(19)20-10-12-7-3-2-4-8-12/h2-8H,9-10,16H2,1H3. The highest BCUT2D eigenvalue weighted by Gasteiger charge is 2.26. The zero-order valence-electron chi connectivity index (χ0n) is 11.2. The summed E-state index contributed by atoms with van der Waals surface area (Å²) < 4.78 is 5.13. The van der Waals surface area contributed by atoms with Gasteiger partial charge in [-0.15, -0.1) is 0 Å². The van der Waals surface area contributed by atoms with E-state index >= 15 is 0 Å². The number of nitrogens with zero attached hydrogens (tertiary/aromatic N) is 1. The number of nitrogens with two attached hydrogens (primary N) is 1. The van der Waals surface area contributed by atoms with Crippen molar-refractivity contribution in [1.29, 1.82) is 0 Å². The summed E-state index contributed by atoms with van der Waals surface area (Å²) in [5.74, 6) is -0.523. The van der Waals surface area contributed by atoms with Crippen LogP contribution in [0.2, 0.25) is 0 Å². The molecule has 1 aromatic rings. The van der Waals surface area contributed by atoms with Crippen LogP contribution in [-0.4, -0.2) is 23.4 Å². The fourth-order valence-electron chi connectivity index (χ4n) is 1.78. The molecule has 0 aliphatic carbocycles. The monoisotopic (exact) mass is 272 g/mol. The van der Waals surface area contributed by atoms with E-state index in [1.807, 2.05) is 30.3 Å². The van der Waals surface area contributed by atoms with Gasteiger partial charge in [-0.25, -0.2) is 9.69 Å². The summed E-state index contributed by atoms with van der Waals surface area (Å²) in [7, 11) is 0. The second-order valence-electron chi connectivity index (χ2n) is 4.45. The molecule has 0 saturated carbocycles. The van der Waals surface area contributed by atoms with E-state index in [-0.39, 0.29) is 18.8 Å². The third-order valence-electron chi connectivity index (χ3n) is 2.98. The molecular formula is C15H16N2O3. The van der Waals surface area contributed by atoms with E-state index in [9.17, 15) is 9.59 Å². The first-order valence-electron chi connectivity index (χ1n) is 6.25. The maximum atomic E-state index is 12.0. The molecule has 0 unspecified atom stereocenters. The van der Waals surface area contributed by atoms with Crippen LogP contribution < -0.4 is 5.73 Å². The zero-order chi connectivity index (χ0) is 14.5. The molecule has 1 heterocycles. The molecule has 104 valence electrons. The number of carbonyl (C=O) groups excluding carboxylic acids is 2. The summed E-state index contributed by atoms with van der Waals surface area (Å²) in [6, 6.07) is 9.27. The Hall–Kier alpha value is -2.56. The average Bonchev–Trinajstić information content (AvgIpc) is 2.59. The predicted octanol–water partition coefficient (Wildman–Crippen LogP) is 1.95. The number of hydrogen-bond acceptors (Lipinski definition) is 4. The van der Waals surface area contributed by atoms with Crippen molar-refractivity contribution in [3.8, 4) is 0 Å². The van der Waals surface area contributed by atoms with E-state index in [2.05, 4.69) is 0 Å². The Morgan fingerprint density at radius 2 is 2.05 bits per heavy atom. The minimum Gasteiger partial charge on any atom is -0.444 e. The lowest BCUT2D eigenvalue weighted by atomic mass is 10.2. The molecule has 0 saturated heterocycles.